The molecular formula is C28H32N6O2S. The van der Waals surface area contributed by atoms with Crippen molar-refractivity contribution in [3.63, 3.8) is 0 Å². The average molecular weight is 517 g/mol. The van der Waals surface area contributed by atoms with Crippen LogP contribution in [0.15, 0.2) is 48.7 Å². The first-order valence-electron chi connectivity index (χ1n) is 12.9. The van der Waals surface area contributed by atoms with Crippen molar-refractivity contribution in [3.05, 3.63) is 59.1 Å². The minimum atomic E-state index is 0.164. The van der Waals surface area contributed by atoms with Gasteiger partial charge < -0.3 is 14.5 Å². The van der Waals surface area contributed by atoms with E-state index in [1.807, 2.05) is 27.1 Å². The number of aromatic nitrogens is 3. The summed E-state index contributed by atoms with van der Waals surface area (Å²) in [5.41, 5.74) is 5.47. The van der Waals surface area contributed by atoms with Crippen molar-refractivity contribution in [1.82, 2.24) is 24.6 Å². The van der Waals surface area contributed by atoms with E-state index < -0.39 is 0 Å². The number of hydrogen-bond acceptors (Lipinski definition) is 7. The topological polar surface area (TPSA) is 66.7 Å². The van der Waals surface area contributed by atoms with Crippen LogP contribution in [0.4, 0.5) is 5.69 Å². The molecule has 2 fully saturated rings. The van der Waals surface area contributed by atoms with Gasteiger partial charge in [-0.2, -0.15) is 5.10 Å². The van der Waals surface area contributed by atoms with E-state index >= 15 is 0 Å². The normalized spacial score (nSPS) is 17.0. The van der Waals surface area contributed by atoms with E-state index in [0.717, 1.165) is 81.6 Å². The van der Waals surface area contributed by atoms with Gasteiger partial charge in [-0.3, -0.25) is 9.69 Å². The van der Waals surface area contributed by atoms with Gasteiger partial charge in [0.1, 0.15) is 0 Å². The molecule has 4 aromatic rings. The van der Waals surface area contributed by atoms with Crippen molar-refractivity contribution in [2.24, 2.45) is 0 Å². The molecule has 2 aliphatic heterocycles. The Hall–Kier alpha value is -3.27. The predicted molar refractivity (Wildman–Crippen MR) is 147 cm³/mol. The van der Waals surface area contributed by atoms with Gasteiger partial charge in [-0.15, -0.1) is 11.3 Å². The monoisotopic (exact) mass is 516 g/mol. The Morgan fingerprint density at radius 3 is 2.59 bits per heavy atom. The fourth-order valence-electron chi connectivity index (χ4n) is 5.13. The van der Waals surface area contributed by atoms with E-state index in [4.69, 9.17) is 14.8 Å². The lowest BCUT2D eigenvalue weighted by Gasteiger charge is -2.33. The molecule has 0 saturated carbocycles. The molecule has 0 bridgehead atoms. The summed E-state index contributed by atoms with van der Waals surface area (Å²) < 4.78 is 8.74. The summed E-state index contributed by atoms with van der Waals surface area (Å²) in [7, 11) is 0. The predicted octanol–water partition coefficient (Wildman–Crippen LogP) is 3.96. The van der Waals surface area contributed by atoms with Crippen molar-refractivity contribution in [2.45, 2.75) is 20.4 Å². The van der Waals surface area contributed by atoms with Crippen LogP contribution in [-0.2, 0) is 16.1 Å². The van der Waals surface area contributed by atoms with Crippen LogP contribution in [0.5, 0.6) is 0 Å². The van der Waals surface area contributed by atoms with Gasteiger partial charge in [-0.1, -0.05) is 23.8 Å². The van der Waals surface area contributed by atoms with Gasteiger partial charge in [0.25, 0.3) is 0 Å². The van der Waals surface area contributed by atoms with Gasteiger partial charge in [-0.05, 0) is 25.1 Å². The Bertz CT molecular complexity index is 1420. The third-order valence-electron chi connectivity index (χ3n) is 7.18. The van der Waals surface area contributed by atoms with Gasteiger partial charge in [0.05, 0.1) is 34.8 Å². The molecule has 6 rings (SSSR count). The van der Waals surface area contributed by atoms with Crippen molar-refractivity contribution in [1.29, 1.82) is 0 Å². The Balaban J connectivity index is 1.32. The molecule has 0 atom stereocenters. The van der Waals surface area contributed by atoms with Crippen LogP contribution >= 0.6 is 11.3 Å². The molecule has 37 heavy (non-hydrogen) atoms. The minimum Gasteiger partial charge on any atom is -0.378 e. The lowest BCUT2D eigenvalue weighted by atomic mass is 10.1. The number of morpholine rings is 1. The van der Waals surface area contributed by atoms with Crippen molar-refractivity contribution in [3.8, 4) is 17.1 Å². The zero-order valence-electron chi connectivity index (χ0n) is 21.4. The average Bonchev–Trinajstić information content (AvgIpc) is 3.56. The smallest absolute Gasteiger partial charge is 0.219 e. The SMILES string of the molecule is CC(=O)N1CCN(Cc2cc3nc(-n4ccc(-c5cccc(C)c5)n4)cc(N4CCOCC4)c3s2)CC1. The highest BCUT2D eigenvalue weighted by Gasteiger charge is 2.22. The molecule has 0 unspecified atom stereocenters. The Morgan fingerprint density at radius 2 is 1.84 bits per heavy atom. The molecule has 0 radical (unpaired) electrons. The molecule has 2 saturated heterocycles. The number of benzene rings is 1. The maximum Gasteiger partial charge on any atom is 0.219 e. The molecule has 192 valence electrons. The third-order valence-corrected chi connectivity index (χ3v) is 8.31. The molecule has 0 N–H and O–H groups in total. The summed E-state index contributed by atoms with van der Waals surface area (Å²) in [5, 5.41) is 4.88. The number of hydrogen-bond donors (Lipinski definition) is 0. The summed E-state index contributed by atoms with van der Waals surface area (Å²) in [5.74, 6) is 0.991. The first kappa shape index (κ1) is 24.1. The number of pyridine rings is 1. The maximum atomic E-state index is 11.7. The Kier molecular flexibility index (Phi) is 6.67. The van der Waals surface area contributed by atoms with E-state index in [2.05, 4.69) is 59.2 Å². The summed E-state index contributed by atoms with van der Waals surface area (Å²) in [6.07, 6.45) is 2.00. The molecule has 1 amide bonds. The van der Waals surface area contributed by atoms with Crippen LogP contribution in [0.1, 0.15) is 17.4 Å². The summed E-state index contributed by atoms with van der Waals surface area (Å²) in [4.78, 5) is 24.8. The standard InChI is InChI=1S/C28H32N6O2S/c1-20-4-3-5-22(16-20)24-6-7-34(30-24)27-18-26(33-12-14-36-15-13-33)28-25(29-27)17-23(37-28)19-31-8-10-32(11-9-31)21(2)35/h3-7,16-18H,8-15,19H2,1-2H3. The number of thiophene rings is 1. The summed E-state index contributed by atoms with van der Waals surface area (Å²) >= 11 is 1.83. The van der Waals surface area contributed by atoms with E-state index in [-0.39, 0.29) is 5.91 Å². The van der Waals surface area contributed by atoms with Crippen molar-refractivity contribution < 1.29 is 9.53 Å². The molecule has 0 spiro atoms. The van der Waals surface area contributed by atoms with Crippen LogP contribution < -0.4 is 4.90 Å². The van der Waals surface area contributed by atoms with Gasteiger partial charge in [0.2, 0.25) is 5.91 Å². The van der Waals surface area contributed by atoms with E-state index in [9.17, 15) is 4.79 Å². The van der Waals surface area contributed by atoms with E-state index in [0.29, 0.717) is 0 Å². The number of piperazine rings is 1. The van der Waals surface area contributed by atoms with E-state index in [1.165, 1.54) is 20.8 Å². The Morgan fingerprint density at radius 1 is 1.03 bits per heavy atom. The zero-order chi connectivity index (χ0) is 25.4. The molecule has 1 aromatic carbocycles. The van der Waals surface area contributed by atoms with Crippen LogP contribution in [0, 0.1) is 6.92 Å². The number of nitrogens with zero attached hydrogens (tertiary/aromatic N) is 6. The summed E-state index contributed by atoms with van der Waals surface area (Å²) in [6, 6.07) is 14.9. The summed E-state index contributed by atoms with van der Waals surface area (Å²) in [6.45, 7) is 11.2. The minimum absolute atomic E-state index is 0.164. The second-order valence-corrected chi connectivity index (χ2v) is 11.0. The lowest BCUT2D eigenvalue weighted by Crippen LogP contribution is -2.47. The number of carbonyl (C=O) groups is 1. The molecule has 0 aliphatic carbocycles. The number of ether oxygens (including phenoxy) is 1. The lowest BCUT2D eigenvalue weighted by molar-refractivity contribution is -0.130. The fraction of sp³-hybridized carbons (Fsp3) is 0.393. The number of amides is 1. The molecule has 5 heterocycles. The number of anilines is 1. The first-order chi connectivity index (χ1) is 18.0. The maximum absolute atomic E-state index is 11.7. The highest BCUT2D eigenvalue weighted by Crippen LogP contribution is 2.36. The number of fused-ring (bicyclic) bond motifs is 1. The molecular weight excluding hydrogens is 484 g/mol. The van der Waals surface area contributed by atoms with Gasteiger partial charge in [0, 0.05) is 75.4 Å². The third kappa shape index (κ3) is 5.12. The van der Waals surface area contributed by atoms with Gasteiger partial charge in [0.15, 0.2) is 5.82 Å². The fourth-order valence-corrected chi connectivity index (χ4v) is 6.31. The highest BCUT2D eigenvalue weighted by molar-refractivity contribution is 7.19. The van der Waals surface area contributed by atoms with Gasteiger partial charge >= 0.3 is 0 Å². The molecule has 8 nitrogen and oxygen atoms in total. The van der Waals surface area contributed by atoms with Crippen LogP contribution in [0.25, 0.3) is 27.3 Å². The number of rotatable bonds is 5. The largest absolute Gasteiger partial charge is 0.378 e. The van der Waals surface area contributed by atoms with Crippen LogP contribution in [0.3, 0.4) is 0 Å². The number of aryl methyl sites for hydroxylation is 1. The zero-order valence-corrected chi connectivity index (χ0v) is 22.2. The molecule has 3 aromatic heterocycles. The number of carbonyl (C=O) groups excluding carboxylic acids is 1. The van der Waals surface area contributed by atoms with Gasteiger partial charge in [-0.25, -0.2) is 9.67 Å². The second-order valence-electron chi connectivity index (χ2n) is 9.82. The molecule has 2 aliphatic rings. The second kappa shape index (κ2) is 10.2. The highest BCUT2D eigenvalue weighted by atomic mass is 32.1. The van der Waals surface area contributed by atoms with Crippen molar-refractivity contribution in [2.75, 3.05) is 57.4 Å². The first-order valence-corrected chi connectivity index (χ1v) is 13.7. The molecule has 9 heteroatoms. The van der Waals surface area contributed by atoms with E-state index in [1.54, 1.807) is 6.92 Å². The van der Waals surface area contributed by atoms with Crippen LogP contribution in [0.2, 0.25) is 0 Å². The Labute approximate surface area is 221 Å². The quantitative estimate of drug-likeness (QED) is 0.400. The van der Waals surface area contributed by atoms with Crippen LogP contribution in [-0.4, -0.2) is 83.0 Å². The van der Waals surface area contributed by atoms with Crippen molar-refractivity contribution >= 4 is 33.1 Å².